The Labute approximate surface area is 116 Å². The topological polar surface area (TPSA) is 56.8 Å². The summed E-state index contributed by atoms with van der Waals surface area (Å²) >= 11 is 0. The molecule has 1 saturated carbocycles. The molecule has 0 aromatic carbocycles. The third-order valence-corrected chi connectivity index (χ3v) is 2.79. The second-order valence-electron chi connectivity index (χ2n) is 6.09. The van der Waals surface area contributed by atoms with E-state index in [-0.39, 0.29) is 12.1 Å². The highest BCUT2D eigenvalue weighted by Crippen LogP contribution is 2.33. The minimum absolute atomic E-state index is 0.0270. The predicted molar refractivity (Wildman–Crippen MR) is 73.2 cm³/mol. The summed E-state index contributed by atoms with van der Waals surface area (Å²) in [5.41, 5.74) is -0.467. The van der Waals surface area contributed by atoms with Crippen molar-refractivity contribution in [3.63, 3.8) is 0 Å². The smallest absolute Gasteiger partial charge is 0.407 e. The molecule has 0 aromatic heterocycles. The molecule has 1 rings (SSSR count). The minimum atomic E-state index is -0.467. The van der Waals surface area contributed by atoms with Crippen LogP contribution < -0.4 is 5.32 Å². The molecule has 19 heavy (non-hydrogen) atoms. The van der Waals surface area contributed by atoms with Gasteiger partial charge < -0.3 is 19.5 Å². The second-order valence-corrected chi connectivity index (χ2v) is 6.09. The van der Waals surface area contributed by atoms with Gasteiger partial charge >= 0.3 is 6.09 Å². The molecule has 0 bridgehead atoms. The van der Waals surface area contributed by atoms with Crippen LogP contribution in [-0.4, -0.2) is 44.7 Å². The van der Waals surface area contributed by atoms with Gasteiger partial charge in [0, 0.05) is 7.11 Å². The number of amides is 1. The fourth-order valence-corrected chi connectivity index (χ4v) is 1.77. The number of carbonyl (C=O) groups excluding carboxylic acids is 1. The van der Waals surface area contributed by atoms with Crippen LogP contribution in [0.1, 0.15) is 40.0 Å². The number of methoxy groups -OCH3 is 1. The SMILES string of the molecule is COCCOC[C@H](CC1CC1)NC(=O)OC(C)(C)C. The number of hydrogen-bond donors (Lipinski definition) is 1. The lowest BCUT2D eigenvalue weighted by Gasteiger charge is -2.23. The highest BCUT2D eigenvalue weighted by atomic mass is 16.6. The van der Waals surface area contributed by atoms with Crippen molar-refractivity contribution in [3.8, 4) is 0 Å². The Bertz CT molecular complexity index is 271. The number of carbonyl (C=O) groups is 1. The Balaban J connectivity index is 2.29. The Morgan fingerprint density at radius 2 is 2.00 bits per heavy atom. The van der Waals surface area contributed by atoms with Crippen molar-refractivity contribution in [2.75, 3.05) is 26.9 Å². The van der Waals surface area contributed by atoms with Gasteiger partial charge in [0.15, 0.2) is 0 Å². The van der Waals surface area contributed by atoms with Gasteiger partial charge in [0.25, 0.3) is 0 Å². The van der Waals surface area contributed by atoms with E-state index in [0.717, 1.165) is 12.3 Å². The monoisotopic (exact) mass is 273 g/mol. The molecule has 1 atom stereocenters. The van der Waals surface area contributed by atoms with Crippen LogP contribution in [0.3, 0.4) is 0 Å². The molecule has 1 aliphatic carbocycles. The van der Waals surface area contributed by atoms with Crippen molar-refractivity contribution in [3.05, 3.63) is 0 Å². The van der Waals surface area contributed by atoms with Crippen molar-refractivity contribution < 1.29 is 19.0 Å². The fourth-order valence-electron chi connectivity index (χ4n) is 1.77. The van der Waals surface area contributed by atoms with Crippen molar-refractivity contribution in [1.29, 1.82) is 0 Å². The van der Waals surface area contributed by atoms with Crippen molar-refractivity contribution >= 4 is 6.09 Å². The van der Waals surface area contributed by atoms with E-state index in [9.17, 15) is 4.79 Å². The standard InChI is InChI=1S/C14H27NO4/c1-14(2,3)19-13(16)15-12(9-11-5-6-11)10-18-8-7-17-4/h11-12H,5-10H2,1-4H3,(H,15,16)/t12-/m0/s1. The first-order valence-electron chi connectivity index (χ1n) is 6.97. The first kappa shape index (κ1) is 16.2. The fraction of sp³-hybridized carbons (Fsp3) is 0.929. The summed E-state index contributed by atoms with van der Waals surface area (Å²) in [6.07, 6.45) is 3.11. The van der Waals surface area contributed by atoms with Crippen LogP contribution in [0.4, 0.5) is 4.79 Å². The normalized spacial score (nSPS) is 17.1. The van der Waals surface area contributed by atoms with Crippen LogP contribution in [0, 0.1) is 5.92 Å². The van der Waals surface area contributed by atoms with Crippen molar-refractivity contribution in [2.45, 2.75) is 51.7 Å². The molecule has 0 radical (unpaired) electrons. The van der Waals surface area contributed by atoms with E-state index in [1.54, 1.807) is 7.11 Å². The minimum Gasteiger partial charge on any atom is -0.444 e. The average molecular weight is 273 g/mol. The molecule has 1 fully saturated rings. The van der Waals surface area contributed by atoms with E-state index in [1.807, 2.05) is 20.8 Å². The Morgan fingerprint density at radius 3 is 2.53 bits per heavy atom. The summed E-state index contributed by atoms with van der Waals surface area (Å²) in [7, 11) is 1.64. The van der Waals surface area contributed by atoms with Gasteiger partial charge in [-0.15, -0.1) is 0 Å². The van der Waals surface area contributed by atoms with E-state index in [4.69, 9.17) is 14.2 Å². The highest BCUT2D eigenvalue weighted by Gasteiger charge is 2.27. The second kappa shape index (κ2) is 7.70. The third-order valence-electron chi connectivity index (χ3n) is 2.79. The van der Waals surface area contributed by atoms with Crippen LogP contribution in [0.2, 0.25) is 0 Å². The average Bonchev–Trinajstić information content (AvgIpc) is 3.05. The van der Waals surface area contributed by atoms with E-state index < -0.39 is 5.60 Å². The van der Waals surface area contributed by atoms with E-state index >= 15 is 0 Å². The zero-order valence-corrected chi connectivity index (χ0v) is 12.5. The summed E-state index contributed by atoms with van der Waals surface area (Å²) in [4.78, 5) is 11.7. The summed E-state index contributed by atoms with van der Waals surface area (Å²) < 4.78 is 15.7. The molecule has 0 unspecified atom stereocenters. The summed E-state index contributed by atoms with van der Waals surface area (Å²) in [5, 5.41) is 2.89. The first-order valence-corrected chi connectivity index (χ1v) is 6.97. The molecular formula is C14H27NO4. The highest BCUT2D eigenvalue weighted by molar-refractivity contribution is 5.68. The zero-order valence-electron chi connectivity index (χ0n) is 12.5. The molecule has 1 amide bonds. The Morgan fingerprint density at radius 1 is 1.32 bits per heavy atom. The largest absolute Gasteiger partial charge is 0.444 e. The number of rotatable bonds is 8. The molecule has 112 valence electrons. The lowest BCUT2D eigenvalue weighted by Crippen LogP contribution is -2.42. The molecule has 1 N–H and O–H groups in total. The third kappa shape index (κ3) is 8.83. The Hall–Kier alpha value is -0.810. The maximum absolute atomic E-state index is 11.7. The van der Waals surface area contributed by atoms with Gasteiger partial charge in [-0.3, -0.25) is 0 Å². The molecule has 5 nitrogen and oxygen atoms in total. The molecule has 0 aliphatic heterocycles. The van der Waals surface area contributed by atoms with Gasteiger partial charge in [-0.05, 0) is 33.1 Å². The van der Waals surface area contributed by atoms with Gasteiger partial charge in [0.1, 0.15) is 5.60 Å². The maximum Gasteiger partial charge on any atom is 0.407 e. The Kier molecular flexibility index (Phi) is 6.58. The zero-order chi connectivity index (χ0) is 14.3. The van der Waals surface area contributed by atoms with Crippen LogP contribution in [0.15, 0.2) is 0 Å². The lowest BCUT2D eigenvalue weighted by atomic mass is 10.1. The molecule has 1 aliphatic rings. The summed E-state index contributed by atoms with van der Waals surface area (Å²) in [6, 6.07) is 0.0270. The van der Waals surface area contributed by atoms with Crippen LogP contribution in [-0.2, 0) is 14.2 Å². The predicted octanol–water partition coefficient (Wildman–Crippen LogP) is 2.34. The molecular weight excluding hydrogens is 246 g/mol. The van der Waals surface area contributed by atoms with Crippen LogP contribution in [0.25, 0.3) is 0 Å². The summed E-state index contributed by atoms with van der Waals surface area (Å²) in [5.74, 6) is 0.728. The molecule has 5 heteroatoms. The van der Waals surface area contributed by atoms with Crippen molar-refractivity contribution in [2.24, 2.45) is 5.92 Å². The first-order chi connectivity index (χ1) is 8.90. The number of hydrogen-bond acceptors (Lipinski definition) is 4. The lowest BCUT2D eigenvalue weighted by molar-refractivity contribution is 0.0358. The molecule has 0 spiro atoms. The maximum atomic E-state index is 11.7. The van der Waals surface area contributed by atoms with Gasteiger partial charge in [-0.25, -0.2) is 4.79 Å². The van der Waals surface area contributed by atoms with Gasteiger partial charge in [-0.1, -0.05) is 12.8 Å². The quantitative estimate of drug-likeness (QED) is 0.690. The van der Waals surface area contributed by atoms with Gasteiger partial charge in [0.05, 0.1) is 25.9 Å². The van der Waals surface area contributed by atoms with Crippen molar-refractivity contribution in [1.82, 2.24) is 5.32 Å². The number of nitrogens with one attached hydrogen (secondary N) is 1. The van der Waals surface area contributed by atoms with E-state index in [2.05, 4.69) is 5.32 Å². The van der Waals surface area contributed by atoms with Crippen LogP contribution >= 0.6 is 0 Å². The molecule has 0 heterocycles. The van der Waals surface area contributed by atoms with E-state index in [0.29, 0.717) is 19.8 Å². The van der Waals surface area contributed by atoms with Gasteiger partial charge in [0.2, 0.25) is 0 Å². The molecule has 0 saturated heterocycles. The van der Waals surface area contributed by atoms with E-state index in [1.165, 1.54) is 12.8 Å². The molecule has 0 aromatic rings. The van der Waals surface area contributed by atoms with Crippen LogP contribution in [0.5, 0.6) is 0 Å². The number of alkyl carbamates (subject to hydrolysis) is 1. The summed E-state index contributed by atoms with van der Waals surface area (Å²) in [6.45, 7) is 7.21. The number of ether oxygens (including phenoxy) is 3. The van der Waals surface area contributed by atoms with Gasteiger partial charge in [-0.2, -0.15) is 0 Å².